The molecule has 2 rings (SSSR count). The minimum atomic E-state index is 0.110. The fourth-order valence-corrected chi connectivity index (χ4v) is 2.31. The molecule has 1 aromatic heterocycles. The van der Waals surface area contributed by atoms with Gasteiger partial charge in [0.25, 0.3) is 0 Å². The van der Waals surface area contributed by atoms with Crippen LogP contribution < -0.4 is 11.1 Å². The molecule has 18 heavy (non-hydrogen) atoms. The average molecular weight is 247 g/mol. The summed E-state index contributed by atoms with van der Waals surface area (Å²) in [7, 11) is 0. The first-order valence-corrected chi connectivity index (χ1v) is 6.60. The van der Waals surface area contributed by atoms with Crippen molar-refractivity contribution in [2.45, 2.75) is 32.1 Å². The van der Waals surface area contributed by atoms with Gasteiger partial charge in [0.05, 0.1) is 0 Å². The van der Waals surface area contributed by atoms with Crippen LogP contribution in [0.4, 0.5) is 0 Å². The number of aryl methyl sites for hydroxylation is 1. The number of carbonyl (C=O) groups excluding carboxylic acids is 1. The molecule has 1 amide bonds. The summed E-state index contributed by atoms with van der Waals surface area (Å²) in [6, 6.07) is 3.89. The molecule has 1 aromatic rings. The number of rotatable bonds is 6. The molecule has 1 aliphatic rings. The van der Waals surface area contributed by atoms with Gasteiger partial charge in [-0.25, -0.2) is 0 Å². The summed E-state index contributed by atoms with van der Waals surface area (Å²) in [5, 5.41) is 3.01. The predicted molar refractivity (Wildman–Crippen MR) is 70.9 cm³/mol. The van der Waals surface area contributed by atoms with Gasteiger partial charge in [-0.05, 0) is 42.9 Å². The number of nitrogens with zero attached hydrogens (tertiary/aromatic N) is 1. The lowest BCUT2D eigenvalue weighted by Crippen LogP contribution is -2.46. The molecular weight excluding hydrogens is 226 g/mol. The molecule has 4 nitrogen and oxygen atoms in total. The highest BCUT2D eigenvalue weighted by molar-refractivity contribution is 5.76. The van der Waals surface area contributed by atoms with E-state index in [1.165, 1.54) is 6.42 Å². The molecule has 0 aliphatic heterocycles. The van der Waals surface area contributed by atoms with E-state index < -0.39 is 0 Å². The first kappa shape index (κ1) is 13.0. The number of amides is 1. The predicted octanol–water partition coefficient (Wildman–Crippen LogP) is 1.26. The molecule has 0 atom stereocenters. The minimum absolute atomic E-state index is 0.110. The van der Waals surface area contributed by atoms with Crippen LogP contribution in [0.3, 0.4) is 0 Å². The molecule has 0 bridgehead atoms. The van der Waals surface area contributed by atoms with Gasteiger partial charge >= 0.3 is 0 Å². The highest BCUT2D eigenvalue weighted by atomic mass is 16.1. The van der Waals surface area contributed by atoms with Crippen LogP contribution >= 0.6 is 0 Å². The van der Waals surface area contributed by atoms with Crippen molar-refractivity contribution < 1.29 is 4.79 Å². The molecule has 0 spiro atoms. The van der Waals surface area contributed by atoms with Gasteiger partial charge in [-0.2, -0.15) is 0 Å². The van der Waals surface area contributed by atoms with Crippen molar-refractivity contribution in [1.29, 1.82) is 0 Å². The number of hydrogen-bond donors (Lipinski definition) is 2. The van der Waals surface area contributed by atoms with Gasteiger partial charge in [-0.1, -0.05) is 12.5 Å². The number of aromatic nitrogens is 1. The third-order valence-electron chi connectivity index (χ3n) is 3.87. The van der Waals surface area contributed by atoms with Crippen molar-refractivity contribution in [2.75, 3.05) is 13.1 Å². The minimum Gasteiger partial charge on any atom is -0.355 e. The van der Waals surface area contributed by atoms with E-state index in [9.17, 15) is 4.79 Å². The number of nitrogens with two attached hydrogens (primary N) is 1. The Hall–Kier alpha value is -1.42. The number of pyridine rings is 1. The second-order valence-corrected chi connectivity index (χ2v) is 5.20. The molecule has 0 unspecified atom stereocenters. The summed E-state index contributed by atoms with van der Waals surface area (Å²) < 4.78 is 0. The Morgan fingerprint density at radius 1 is 1.50 bits per heavy atom. The molecule has 1 saturated carbocycles. The maximum atomic E-state index is 11.7. The Kier molecular flexibility index (Phi) is 4.31. The van der Waals surface area contributed by atoms with Gasteiger partial charge in [-0.15, -0.1) is 0 Å². The van der Waals surface area contributed by atoms with E-state index in [0.717, 1.165) is 31.4 Å². The third kappa shape index (κ3) is 3.29. The monoisotopic (exact) mass is 247 g/mol. The lowest BCUT2D eigenvalue weighted by Gasteiger charge is -2.41. The number of carbonyl (C=O) groups is 1. The largest absolute Gasteiger partial charge is 0.355 e. The van der Waals surface area contributed by atoms with Crippen molar-refractivity contribution in [3.8, 4) is 0 Å². The van der Waals surface area contributed by atoms with Crippen molar-refractivity contribution in [3.05, 3.63) is 30.1 Å². The normalized spacial score (nSPS) is 16.9. The molecule has 0 aromatic carbocycles. The van der Waals surface area contributed by atoms with E-state index in [0.29, 0.717) is 13.0 Å². The highest BCUT2D eigenvalue weighted by Crippen LogP contribution is 2.39. The van der Waals surface area contributed by atoms with Gasteiger partial charge in [0.1, 0.15) is 0 Å². The summed E-state index contributed by atoms with van der Waals surface area (Å²) in [6.45, 7) is 1.41. The molecular formula is C14H21N3O. The van der Waals surface area contributed by atoms with Gasteiger partial charge in [-0.3, -0.25) is 9.78 Å². The molecule has 1 heterocycles. The van der Waals surface area contributed by atoms with E-state index in [4.69, 9.17) is 5.73 Å². The lowest BCUT2D eigenvalue weighted by molar-refractivity contribution is -0.121. The molecule has 0 radical (unpaired) electrons. The zero-order valence-electron chi connectivity index (χ0n) is 10.7. The Labute approximate surface area is 108 Å². The molecule has 1 fully saturated rings. The summed E-state index contributed by atoms with van der Waals surface area (Å²) in [6.07, 6.45) is 8.34. The zero-order valence-corrected chi connectivity index (χ0v) is 10.7. The highest BCUT2D eigenvalue weighted by Gasteiger charge is 2.35. The Balaban J connectivity index is 1.69. The van der Waals surface area contributed by atoms with E-state index in [2.05, 4.69) is 10.3 Å². The van der Waals surface area contributed by atoms with Gasteiger partial charge in [0.15, 0.2) is 0 Å². The molecule has 3 N–H and O–H groups in total. The van der Waals surface area contributed by atoms with E-state index in [1.54, 1.807) is 12.4 Å². The molecule has 98 valence electrons. The Bertz CT molecular complexity index is 382. The fourth-order valence-electron chi connectivity index (χ4n) is 2.31. The van der Waals surface area contributed by atoms with Crippen LogP contribution in [0, 0.1) is 5.41 Å². The molecule has 1 aliphatic carbocycles. The second-order valence-electron chi connectivity index (χ2n) is 5.20. The standard InChI is InChI=1S/C14H21N3O/c15-10-14(6-2-7-14)11-17-13(18)5-4-12-3-1-8-16-9-12/h1,3,8-9H,2,4-7,10-11,15H2,(H,17,18). The lowest BCUT2D eigenvalue weighted by atomic mass is 9.69. The van der Waals surface area contributed by atoms with Crippen LogP contribution in [0.1, 0.15) is 31.2 Å². The molecule has 0 saturated heterocycles. The van der Waals surface area contributed by atoms with Crippen molar-refractivity contribution in [3.63, 3.8) is 0 Å². The SMILES string of the molecule is NCC1(CNC(=O)CCc2cccnc2)CCC1. The fraction of sp³-hybridized carbons (Fsp3) is 0.571. The zero-order chi connectivity index (χ0) is 12.8. The number of nitrogens with one attached hydrogen (secondary N) is 1. The smallest absolute Gasteiger partial charge is 0.220 e. The quantitative estimate of drug-likeness (QED) is 0.795. The molecule has 4 heteroatoms. The maximum absolute atomic E-state index is 11.7. The van der Waals surface area contributed by atoms with Crippen LogP contribution in [0.25, 0.3) is 0 Å². The van der Waals surface area contributed by atoms with Crippen LogP contribution in [0.2, 0.25) is 0 Å². The van der Waals surface area contributed by atoms with Crippen LogP contribution in [-0.2, 0) is 11.2 Å². The Morgan fingerprint density at radius 2 is 2.33 bits per heavy atom. The summed E-state index contributed by atoms with van der Waals surface area (Å²) in [5.41, 5.74) is 7.05. The maximum Gasteiger partial charge on any atom is 0.220 e. The van der Waals surface area contributed by atoms with Crippen molar-refractivity contribution >= 4 is 5.91 Å². The van der Waals surface area contributed by atoms with Crippen molar-refractivity contribution in [1.82, 2.24) is 10.3 Å². The van der Waals surface area contributed by atoms with E-state index in [-0.39, 0.29) is 11.3 Å². The van der Waals surface area contributed by atoms with Crippen LogP contribution in [-0.4, -0.2) is 24.0 Å². The summed E-state index contributed by atoms with van der Waals surface area (Å²) in [4.78, 5) is 15.8. The van der Waals surface area contributed by atoms with E-state index in [1.807, 2.05) is 12.1 Å². The topological polar surface area (TPSA) is 68.0 Å². The first-order chi connectivity index (χ1) is 8.74. The summed E-state index contributed by atoms with van der Waals surface area (Å²) >= 11 is 0. The number of hydrogen-bond acceptors (Lipinski definition) is 3. The van der Waals surface area contributed by atoms with E-state index >= 15 is 0 Å². The van der Waals surface area contributed by atoms with Gasteiger partial charge in [0, 0.05) is 25.4 Å². The van der Waals surface area contributed by atoms with Gasteiger partial charge in [0.2, 0.25) is 5.91 Å². The van der Waals surface area contributed by atoms with Gasteiger partial charge < -0.3 is 11.1 Å². The second kappa shape index (κ2) is 5.96. The average Bonchev–Trinajstić information content (AvgIpc) is 2.37. The van der Waals surface area contributed by atoms with Crippen LogP contribution in [0.5, 0.6) is 0 Å². The van der Waals surface area contributed by atoms with Crippen LogP contribution in [0.15, 0.2) is 24.5 Å². The first-order valence-electron chi connectivity index (χ1n) is 6.60. The third-order valence-corrected chi connectivity index (χ3v) is 3.87. The van der Waals surface area contributed by atoms with Crippen molar-refractivity contribution in [2.24, 2.45) is 11.1 Å². The summed E-state index contributed by atoms with van der Waals surface area (Å²) in [5.74, 6) is 0.110. The Morgan fingerprint density at radius 3 is 2.89 bits per heavy atom.